The molecule has 2 atom stereocenters. The van der Waals surface area contributed by atoms with Crippen molar-refractivity contribution in [1.29, 1.82) is 0 Å². The smallest absolute Gasteiger partial charge is 0.319 e. The lowest BCUT2D eigenvalue weighted by molar-refractivity contribution is -0.130. The zero-order valence-electron chi connectivity index (χ0n) is 27.8. The van der Waals surface area contributed by atoms with Gasteiger partial charge in [-0.1, -0.05) is 25.3 Å². The van der Waals surface area contributed by atoms with Gasteiger partial charge in [-0.05, 0) is 62.2 Å². The van der Waals surface area contributed by atoms with Crippen molar-refractivity contribution in [2.45, 2.75) is 51.5 Å². The molecule has 9 nitrogen and oxygen atoms in total. The van der Waals surface area contributed by atoms with Gasteiger partial charge in [-0.3, -0.25) is 9.88 Å². The molecule has 1 aliphatic carbocycles. The Bertz CT molecular complexity index is 1950. The second kappa shape index (κ2) is 12.7. The molecule has 4 aromatic rings. The Morgan fingerprint density at radius 1 is 1.06 bits per heavy atom. The molecule has 0 radical (unpaired) electrons. The highest BCUT2D eigenvalue weighted by atomic mass is 19.1. The Hall–Kier alpha value is -4.11. The Labute approximate surface area is 284 Å². The summed E-state index contributed by atoms with van der Waals surface area (Å²) in [5.74, 6) is 1.46. The molecule has 0 bridgehead atoms. The molecule has 2 aromatic heterocycles. The van der Waals surface area contributed by atoms with Gasteiger partial charge < -0.3 is 24.2 Å². The number of phenolic OH excluding ortho intramolecular Hbond substituents is 1. The van der Waals surface area contributed by atoms with E-state index in [0.29, 0.717) is 55.5 Å². The van der Waals surface area contributed by atoms with Crippen molar-refractivity contribution < 1.29 is 28.1 Å². The number of pyridine rings is 1. The number of ether oxygens (including phenoxy) is 3. The Balaban J connectivity index is 1.20. The molecule has 49 heavy (non-hydrogen) atoms. The van der Waals surface area contributed by atoms with Crippen LogP contribution in [0.4, 0.5) is 14.6 Å². The number of nitrogens with zero attached hydrogens (tertiary/aromatic N) is 5. The summed E-state index contributed by atoms with van der Waals surface area (Å²) in [4.78, 5) is 18.8. The maximum absolute atomic E-state index is 16.9. The minimum absolute atomic E-state index is 0.0310. The second-order valence-electron chi connectivity index (χ2n) is 14.6. The van der Waals surface area contributed by atoms with Gasteiger partial charge in [-0.15, -0.1) is 6.42 Å². The summed E-state index contributed by atoms with van der Waals surface area (Å²) in [6.45, 7) is 8.81. The average molecular weight is 670 g/mol. The van der Waals surface area contributed by atoms with Gasteiger partial charge in [-0.2, -0.15) is 9.97 Å². The number of fused-ring (bicyclic) bond motifs is 3. The van der Waals surface area contributed by atoms with E-state index in [1.807, 2.05) is 0 Å². The number of likely N-dealkylation sites (tertiary alicyclic amines) is 1. The van der Waals surface area contributed by atoms with E-state index in [2.05, 4.69) is 32.6 Å². The summed E-state index contributed by atoms with van der Waals surface area (Å²) in [5.41, 5.74) is 0.234. The van der Waals surface area contributed by atoms with Crippen molar-refractivity contribution in [1.82, 2.24) is 19.9 Å². The number of benzene rings is 2. The van der Waals surface area contributed by atoms with E-state index in [1.165, 1.54) is 24.3 Å². The number of terminal acetylenes is 1. The zero-order chi connectivity index (χ0) is 33.8. The maximum atomic E-state index is 16.9. The van der Waals surface area contributed by atoms with Gasteiger partial charge in [0.25, 0.3) is 0 Å². The van der Waals surface area contributed by atoms with Crippen LogP contribution in [-0.4, -0.2) is 90.2 Å². The van der Waals surface area contributed by atoms with Crippen LogP contribution in [0.5, 0.6) is 11.8 Å². The SMILES string of the molecule is C#Cc1c(F)ccc2cc(O)cc(-c3ncc4c(N5CCCOCC5)nc(OC[C@]56CCC[C@H]5N(CC5(C)COC5)CCC6)nc4c3F)c12. The summed E-state index contributed by atoms with van der Waals surface area (Å²) in [6.07, 6.45) is 13.5. The number of aromatic hydroxyl groups is 1. The van der Waals surface area contributed by atoms with E-state index in [4.69, 9.17) is 25.6 Å². The number of hydrogen-bond acceptors (Lipinski definition) is 9. The highest BCUT2D eigenvalue weighted by Crippen LogP contribution is 2.49. The molecule has 1 N–H and O–H groups in total. The summed E-state index contributed by atoms with van der Waals surface area (Å²) in [6, 6.07) is 6.07. The molecule has 3 aliphatic heterocycles. The molecule has 2 aromatic carbocycles. The molecular formula is C38H41F2N5O4. The lowest BCUT2D eigenvalue weighted by Gasteiger charge is -2.50. The van der Waals surface area contributed by atoms with Gasteiger partial charge in [-0.25, -0.2) is 8.78 Å². The number of aromatic nitrogens is 3. The van der Waals surface area contributed by atoms with Crippen molar-refractivity contribution in [3.8, 4) is 35.4 Å². The monoisotopic (exact) mass is 669 g/mol. The van der Waals surface area contributed by atoms with Gasteiger partial charge >= 0.3 is 6.01 Å². The molecule has 0 amide bonds. The van der Waals surface area contributed by atoms with E-state index < -0.39 is 11.6 Å². The van der Waals surface area contributed by atoms with Gasteiger partial charge in [0.2, 0.25) is 0 Å². The van der Waals surface area contributed by atoms with Crippen LogP contribution in [0.3, 0.4) is 0 Å². The Kier molecular flexibility index (Phi) is 8.29. The molecule has 0 spiro atoms. The van der Waals surface area contributed by atoms with Gasteiger partial charge in [0.15, 0.2) is 5.82 Å². The van der Waals surface area contributed by atoms with Crippen molar-refractivity contribution in [2.24, 2.45) is 10.8 Å². The van der Waals surface area contributed by atoms with Crippen LogP contribution in [0.1, 0.15) is 51.0 Å². The third-order valence-corrected chi connectivity index (χ3v) is 11.0. The molecule has 8 rings (SSSR count). The number of hydrogen-bond donors (Lipinski definition) is 1. The van der Waals surface area contributed by atoms with Crippen LogP contribution in [0.15, 0.2) is 30.5 Å². The molecular weight excluding hydrogens is 628 g/mol. The van der Waals surface area contributed by atoms with E-state index >= 15 is 4.39 Å². The summed E-state index contributed by atoms with van der Waals surface area (Å²) < 4.78 is 49.6. The normalized spacial score (nSPS) is 24.0. The largest absolute Gasteiger partial charge is 0.508 e. The fourth-order valence-electron chi connectivity index (χ4n) is 8.67. The van der Waals surface area contributed by atoms with Gasteiger partial charge in [0, 0.05) is 60.3 Å². The molecule has 4 fully saturated rings. The number of piperidine rings is 1. The van der Waals surface area contributed by atoms with E-state index in [-0.39, 0.29) is 50.3 Å². The fourth-order valence-corrected chi connectivity index (χ4v) is 8.67. The minimum atomic E-state index is -0.729. The van der Waals surface area contributed by atoms with Crippen LogP contribution in [0, 0.1) is 34.8 Å². The Morgan fingerprint density at radius 3 is 2.73 bits per heavy atom. The molecule has 5 heterocycles. The van der Waals surface area contributed by atoms with Crippen LogP contribution in [-0.2, 0) is 9.47 Å². The average Bonchev–Trinajstić information content (AvgIpc) is 3.34. The number of rotatable bonds is 7. The summed E-state index contributed by atoms with van der Waals surface area (Å²) >= 11 is 0. The first-order valence-corrected chi connectivity index (χ1v) is 17.3. The first-order chi connectivity index (χ1) is 23.8. The second-order valence-corrected chi connectivity index (χ2v) is 14.6. The quantitative estimate of drug-likeness (QED) is 0.235. The lowest BCUT2D eigenvalue weighted by atomic mass is 9.74. The van der Waals surface area contributed by atoms with Crippen molar-refractivity contribution in [2.75, 3.05) is 64.1 Å². The van der Waals surface area contributed by atoms with Crippen LogP contribution in [0.25, 0.3) is 32.9 Å². The van der Waals surface area contributed by atoms with Crippen LogP contribution < -0.4 is 9.64 Å². The summed E-state index contributed by atoms with van der Waals surface area (Å²) in [7, 11) is 0. The number of halogens is 2. The van der Waals surface area contributed by atoms with Gasteiger partial charge in [0.1, 0.15) is 28.6 Å². The van der Waals surface area contributed by atoms with Crippen LogP contribution >= 0.6 is 0 Å². The maximum Gasteiger partial charge on any atom is 0.319 e. The highest BCUT2D eigenvalue weighted by Gasteiger charge is 2.50. The highest BCUT2D eigenvalue weighted by molar-refractivity contribution is 6.03. The predicted octanol–water partition coefficient (Wildman–Crippen LogP) is 6.09. The van der Waals surface area contributed by atoms with Crippen molar-refractivity contribution >= 4 is 27.5 Å². The van der Waals surface area contributed by atoms with Gasteiger partial charge in [0.05, 0.1) is 37.4 Å². The number of phenols is 1. The van der Waals surface area contributed by atoms with Crippen LogP contribution in [0.2, 0.25) is 0 Å². The third-order valence-electron chi connectivity index (χ3n) is 11.0. The Morgan fingerprint density at radius 2 is 1.92 bits per heavy atom. The van der Waals surface area contributed by atoms with Crippen molar-refractivity contribution in [3.63, 3.8) is 0 Å². The molecule has 0 unspecified atom stereocenters. The van der Waals surface area contributed by atoms with Crippen molar-refractivity contribution in [3.05, 3.63) is 47.7 Å². The molecule has 3 saturated heterocycles. The molecule has 256 valence electrons. The standard InChI is InChI=1S/C38H41F2N5O4/c1-3-26-29(39)9-8-24-17-25(46)18-27(31(24)26)33-32(40)34-28(19-41-33)35(44-13-6-15-47-16-14-44)43-36(42-34)49-23-38-10-4-7-30(38)45(12-5-11-38)20-37(2)21-48-22-37/h1,8-9,17-19,30,46H,4-7,10-16,20-23H2,2H3/t30-,38-/m1/s1. The first kappa shape index (κ1) is 32.1. The summed E-state index contributed by atoms with van der Waals surface area (Å²) in [5, 5.41) is 11.8. The minimum Gasteiger partial charge on any atom is -0.508 e. The third kappa shape index (κ3) is 5.73. The zero-order valence-corrected chi connectivity index (χ0v) is 27.8. The molecule has 4 aliphatic rings. The lowest BCUT2D eigenvalue weighted by Crippen LogP contribution is -2.57. The van der Waals surface area contributed by atoms with E-state index in [9.17, 15) is 9.50 Å². The van der Waals surface area contributed by atoms with E-state index in [0.717, 1.165) is 64.8 Å². The number of anilines is 1. The predicted molar refractivity (Wildman–Crippen MR) is 183 cm³/mol. The van der Waals surface area contributed by atoms with E-state index in [1.54, 1.807) is 6.20 Å². The first-order valence-electron chi connectivity index (χ1n) is 17.3. The molecule has 1 saturated carbocycles. The molecule has 11 heteroatoms. The topological polar surface area (TPSA) is 93.1 Å². The fraction of sp³-hybridized carbons (Fsp3) is 0.500.